The third-order valence-electron chi connectivity index (χ3n) is 3.68. The Morgan fingerprint density at radius 1 is 1.29 bits per heavy atom. The molecule has 118 valence electrons. The van der Waals surface area contributed by atoms with Gasteiger partial charge in [0.15, 0.2) is 0 Å². The van der Waals surface area contributed by atoms with Gasteiger partial charge in [0.1, 0.15) is 11.6 Å². The van der Waals surface area contributed by atoms with E-state index in [0.717, 1.165) is 19.5 Å². The Labute approximate surface area is 122 Å². The van der Waals surface area contributed by atoms with Crippen LogP contribution in [0.15, 0.2) is 6.07 Å². The van der Waals surface area contributed by atoms with Crippen LogP contribution >= 0.6 is 0 Å². The van der Waals surface area contributed by atoms with Gasteiger partial charge in [0.25, 0.3) is 0 Å². The number of piperidine rings is 1. The highest BCUT2D eigenvalue weighted by Gasteiger charge is 2.35. The molecule has 0 aromatic carbocycles. The first-order chi connectivity index (χ1) is 9.79. The van der Waals surface area contributed by atoms with Crippen LogP contribution in [-0.4, -0.2) is 48.1 Å². The molecule has 1 aliphatic heterocycles. The zero-order valence-electron chi connectivity index (χ0n) is 12.3. The maximum absolute atomic E-state index is 12.8. The molecule has 0 amide bonds. The van der Waals surface area contributed by atoms with Gasteiger partial charge in [-0.3, -0.25) is 0 Å². The lowest BCUT2D eigenvalue weighted by atomic mass is 9.94. The smallest absolute Gasteiger partial charge is 0.373 e. The molecule has 5 nitrogen and oxygen atoms in total. The van der Waals surface area contributed by atoms with E-state index in [0.29, 0.717) is 5.92 Å². The fourth-order valence-corrected chi connectivity index (χ4v) is 2.53. The zero-order chi connectivity index (χ0) is 15.6. The van der Waals surface area contributed by atoms with Crippen molar-refractivity contribution in [3.8, 4) is 0 Å². The first-order valence-corrected chi connectivity index (χ1v) is 6.88. The molecule has 2 rings (SSSR count). The molecule has 2 N–H and O–H groups in total. The van der Waals surface area contributed by atoms with Crippen molar-refractivity contribution in [2.45, 2.75) is 25.6 Å². The number of nitrogens with zero attached hydrogens (tertiary/aromatic N) is 3. The third-order valence-corrected chi connectivity index (χ3v) is 3.68. The van der Waals surface area contributed by atoms with Crippen LogP contribution in [0.5, 0.6) is 0 Å². The first kappa shape index (κ1) is 15.8. The van der Waals surface area contributed by atoms with Crippen molar-refractivity contribution in [3.05, 3.63) is 11.9 Å². The number of alkyl halides is 3. The Balaban J connectivity index is 2.19. The average molecular weight is 303 g/mol. The molecule has 8 heteroatoms. The highest BCUT2D eigenvalue weighted by molar-refractivity contribution is 5.48. The van der Waals surface area contributed by atoms with Gasteiger partial charge >= 0.3 is 6.18 Å². The number of hydrogen-bond donors (Lipinski definition) is 2. The molecule has 21 heavy (non-hydrogen) atoms. The number of nitrogens with one attached hydrogen (secondary N) is 2. The second-order valence-corrected chi connectivity index (χ2v) is 5.49. The van der Waals surface area contributed by atoms with Crippen molar-refractivity contribution in [2.75, 3.05) is 37.8 Å². The van der Waals surface area contributed by atoms with E-state index in [4.69, 9.17) is 0 Å². The largest absolute Gasteiger partial charge is 0.451 e. The monoisotopic (exact) mass is 303 g/mol. The van der Waals surface area contributed by atoms with E-state index < -0.39 is 12.0 Å². The molecule has 0 spiro atoms. The van der Waals surface area contributed by atoms with Gasteiger partial charge in [-0.05, 0) is 25.9 Å². The van der Waals surface area contributed by atoms with Crippen molar-refractivity contribution < 1.29 is 13.2 Å². The first-order valence-electron chi connectivity index (χ1n) is 6.88. The lowest BCUT2D eigenvalue weighted by molar-refractivity contribution is -0.144. The van der Waals surface area contributed by atoms with Gasteiger partial charge in [0.05, 0.1) is 0 Å². The van der Waals surface area contributed by atoms with Gasteiger partial charge in [-0.2, -0.15) is 13.2 Å². The summed E-state index contributed by atoms with van der Waals surface area (Å²) in [6.45, 7) is 3.91. The molecular formula is C13H20F3N5. The summed E-state index contributed by atoms with van der Waals surface area (Å²) in [4.78, 5) is 9.26. The van der Waals surface area contributed by atoms with Crippen molar-refractivity contribution in [1.82, 2.24) is 14.9 Å². The molecule has 2 heterocycles. The van der Waals surface area contributed by atoms with Gasteiger partial charge in [-0.15, -0.1) is 0 Å². The predicted molar refractivity (Wildman–Crippen MR) is 75.3 cm³/mol. The minimum atomic E-state index is -4.55. The molecule has 0 bridgehead atoms. The average Bonchev–Trinajstić information content (AvgIpc) is 2.40. The van der Waals surface area contributed by atoms with E-state index in [2.05, 4.69) is 32.4 Å². The third kappa shape index (κ3) is 3.96. The molecule has 1 aromatic heterocycles. The maximum Gasteiger partial charge on any atom is 0.451 e. The van der Waals surface area contributed by atoms with Crippen LogP contribution in [0.2, 0.25) is 0 Å². The molecule has 0 aliphatic carbocycles. The molecule has 0 radical (unpaired) electrons. The Morgan fingerprint density at radius 2 is 1.95 bits per heavy atom. The Morgan fingerprint density at radius 3 is 2.52 bits per heavy atom. The summed E-state index contributed by atoms with van der Waals surface area (Å²) in [5, 5.41) is 5.76. The van der Waals surface area contributed by atoms with Gasteiger partial charge in [-0.1, -0.05) is 6.92 Å². The zero-order valence-corrected chi connectivity index (χ0v) is 12.3. The van der Waals surface area contributed by atoms with Gasteiger partial charge < -0.3 is 15.5 Å². The number of rotatable bonds is 3. The van der Waals surface area contributed by atoms with E-state index in [9.17, 15) is 13.2 Å². The summed E-state index contributed by atoms with van der Waals surface area (Å²) in [5.74, 6) is -0.424. The van der Waals surface area contributed by atoms with Crippen LogP contribution < -0.4 is 10.6 Å². The lowest BCUT2D eigenvalue weighted by Gasteiger charge is -2.35. The standard InChI is InChI=1S/C13H20F3N5/c1-8-7-21(3)5-4-9(8)18-11-6-10(17-2)19-12(20-11)13(14,15)16/h6,8-9H,4-5,7H2,1-3H3,(H2,17,18,19,20). The van der Waals surface area contributed by atoms with Crippen LogP contribution in [-0.2, 0) is 6.18 Å². The molecule has 2 unspecified atom stereocenters. The predicted octanol–water partition coefficient (Wildman–Crippen LogP) is 2.29. The highest BCUT2D eigenvalue weighted by Crippen LogP contribution is 2.29. The van der Waals surface area contributed by atoms with E-state index in [1.807, 2.05) is 7.05 Å². The fourth-order valence-electron chi connectivity index (χ4n) is 2.53. The summed E-state index contributed by atoms with van der Waals surface area (Å²) in [5.41, 5.74) is 0. The summed E-state index contributed by atoms with van der Waals surface area (Å²) in [6.07, 6.45) is -3.68. The van der Waals surface area contributed by atoms with E-state index in [1.165, 1.54) is 13.1 Å². The summed E-state index contributed by atoms with van der Waals surface area (Å²) < 4.78 is 38.4. The molecule has 1 fully saturated rings. The Hall–Kier alpha value is -1.57. The molecule has 2 atom stereocenters. The molecule has 1 aromatic rings. The molecule has 0 saturated carbocycles. The molecule has 1 aliphatic rings. The van der Waals surface area contributed by atoms with Crippen LogP contribution in [0.1, 0.15) is 19.2 Å². The number of likely N-dealkylation sites (tertiary alicyclic amines) is 1. The number of anilines is 2. The number of halogens is 3. The summed E-state index contributed by atoms with van der Waals surface area (Å²) >= 11 is 0. The van der Waals surface area contributed by atoms with Gasteiger partial charge in [0.2, 0.25) is 5.82 Å². The SMILES string of the molecule is CNc1cc(NC2CCN(C)CC2C)nc(C(F)(F)F)n1. The highest BCUT2D eigenvalue weighted by atomic mass is 19.4. The van der Waals surface area contributed by atoms with Crippen LogP contribution in [0, 0.1) is 5.92 Å². The Bertz CT molecular complexity index is 491. The summed E-state index contributed by atoms with van der Waals surface area (Å²) in [7, 11) is 3.57. The number of aromatic nitrogens is 2. The van der Waals surface area contributed by atoms with E-state index in [1.54, 1.807) is 0 Å². The normalized spacial score (nSPS) is 23.9. The second kappa shape index (κ2) is 6.05. The quantitative estimate of drug-likeness (QED) is 0.897. The fraction of sp³-hybridized carbons (Fsp3) is 0.692. The maximum atomic E-state index is 12.8. The van der Waals surface area contributed by atoms with Gasteiger partial charge in [0, 0.05) is 25.7 Å². The molecular weight excluding hydrogens is 283 g/mol. The minimum absolute atomic E-state index is 0.113. The topological polar surface area (TPSA) is 53.1 Å². The second-order valence-electron chi connectivity index (χ2n) is 5.49. The van der Waals surface area contributed by atoms with Crippen LogP contribution in [0.4, 0.5) is 24.8 Å². The van der Waals surface area contributed by atoms with Crippen LogP contribution in [0.3, 0.4) is 0 Å². The Kier molecular flexibility index (Phi) is 4.55. The van der Waals surface area contributed by atoms with Crippen molar-refractivity contribution >= 4 is 11.6 Å². The molecule has 1 saturated heterocycles. The van der Waals surface area contributed by atoms with Crippen molar-refractivity contribution in [2.24, 2.45) is 5.92 Å². The van der Waals surface area contributed by atoms with E-state index >= 15 is 0 Å². The van der Waals surface area contributed by atoms with Crippen LogP contribution in [0.25, 0.3) is 0 Å². The number of hydrogen-bond acceptors (Lipinski definition) is 5. The van der Waals surface area contributed by atoms with E-state index in [-0.39, 0.29) is 17.7 Å². The van der Waals surface area contributed by atoms with Gasteiger partial charge in [-0.25, -0.2) is 9.97 Å². The van der Waals surface area contributed by atoms with Crippen molar-refractivity contribution in [1.29, 1.82) is 0 Å². The minimum Gasteiger partial charge on any atom is -0.373 e. The lowest BCUT2D eigenvalue weighted by Crippen LogP contribution is -2.43. The van der Waals surface area contributed by atoms with Crippen molar-refractivity contribution in [3.63, 3.8) is 0 Å². The summed E-state index contributed by atoms with van der Waals surface area (Å²) in [6, 6.07) is 1.61.